The molecule has 0 atom stereocenters. The van der Waals surface area contributed by atoms with Gasteiger partial charge in [0.1, 0.15) is 11.3 Å². The summed E-state index contributed by atoms with van der Waals surface area (Å²) in [5.74, 6) is 2.05. The van der Waals surface area contributed by atoms with E-state index in [0.29, 0.717) is 12.0 Å². The fourth-order valence-corrected chi connectivity index (χ4v) is 5.61. The highest BCUT2D eigenvalue weighted by molar-refractivity contribution is 5.88. The zero-order valence-electron chi connectivity index (χ0n) is 23.5. The molecule has 4 heterocycles. The normalized spacial score (nSPS) is 17.2. The van der Waals surface area contributed by atoms with Crippen LogP contribution in [0.15, 0.2) is 49.1 Å². The summed E-state index contributed by atoms with van der Waals surface area (Å²) in [6.45, 7) is 6.39. The van der Waals surface area contributed by atoms with Gasteiger partial charge in [-0.3, -0.25) is 9.58 Å². The molecule has 210 valence electrons. The van der Waals surface area contributed by atoms with Gasteiger partial charge in [-0.25, -0.2) is 15.0 Å². The molecule has 0 unspecified atom stereocenters. The fourth-order valence-electron chi connectivity index (χ4n) is 5.61. The number of fused-ring (bicyclic) bond motifs is 1. The molecule has 10 heteroatoms. The van der Waals surface area contributed by atoms with Crippen molar-refractivity contribution in [2.45, 2.75) is 44.7 Å². The molecule has 1 saturated heterocycles. The summed E-state index contributed by atoms with van der Waals surface area (Å²) in [5.41, 5.74) is 3.74. The summed E-state index contributed by atoms with van der Waals surface area (Å²) in [7, 11) is 3.87. The molecule has 4 aromatic rings. The van der Waals surface area contributed by atoms with Crippen molar-refractivity contribution in [1.82, 2.24) is 34.5 Å². The summed E-state index contributed by atoms with van der Waals surface area (Å²) >= 11 is 0. The van der Waals surface area contributed by atoms with Gasteiger partial charge >= 0.3 is 0 Å². The second-order valence-corrected chi connectivity index (χ2v) is 10.9. The fraction of sp³-hybridized carbons (Fsp3) is 0.467. The van der Waals surface area contributed by atoms with E-state index in [0.717, 1.165) is 78.6 Å². The lowest BCUT2D eigenvalue weighted by Gasteiger charge is -2.32. The summed E-state index contributed by atoms with van der Waals surface area (Å²) in [5, 5.41) is 12.6. The summed E-state index contributed by atoms with van der Waals surface area (Å²) in [4.78, 5) is 18.9. The van der Waals surface area contributed by atoms with Gasteiger partial charge in [-0.05, 0) is 43.7 Å². The Hall–Kier alpha value is -3.76. The van der Waals surface area contributed by atoms with Crippen LogP contribution >= 0.6 is 0 Å². The maximum Gasteiger partial charge on any atom is 0.227 e. The third kappa shape index (κ3) is 6.18. The van der Waals surface area contributed by atoms with Gasteiger partial charge in [0.15, 0.2) is 5.82 Å². The molecule has 0 spiro atoms. The number of rotatable bonds is 9. The van der Waals surface area contributed by atoms with Crippen molar-refractivity contribution in [3.8, 4) is 16.9 Å². The lowest BCUT2D eigenvalue weighted by atomic mass is 9.95. The van der Waals surface area contributed by atoms with Gasteiger partial charge in [0.05, 0.1) is 25.5 Å². The average Bonchev–Trinajstić information content (AvgIpc) is 3.47. The predicted molar refractivity (Wildman–Crippen MR) is 159 cm³/mol. The lowest BCUT2D eigenvalue weighted by Crippen LogP contribution is -2.45. The van der Waals surface area contributed by atoms with E-state index in [1.165, 1.54) is 32.1 Å². The number of anilines is 3. The summed E-state index contributed by atoms with van der Waals surface area (Å²) in [6, 6.07) is 8.51. The van der Waals surface area contributed by atoms with Crippen molar-refractivity contribution in [1.29, 1.82) is 0 Å². The topological polar surface area (TPSA) is 96.3 Å². The van der Waals surface area contributed by atoms with Crippen LogP contribution in [0.5, 0.6) is 5.75 Å². The van der Waals surface area contributed by atoms with E-state index in [9.17, 15) is 0 Å². The minimum Gasteiger partial charge on any atom is -0.495 e. The molecule has 6 rings (SSSR count). The van der Waals surface area contributed by atoms with Gasteiger partial charge < -0.3 is 20.3 Å². The minimum absolute atomic E-state index is 0.446. The molecule has 1 aliphatic heterocycles. The van der Waals surface area contributed by atoms with Crippen LogP contribution in [0.2, 0.25) is 0 Å². The van der Waals surface area contributed by atoms with Crippen LogP contribution in [-0.2, 0) is 6.54 Å². The third-order valence-electron chi connectivity index (χ3n) is 8.10. The number of hydrogen-bond donors (Lipinski definition) is 2. The number of nitrogens with one attached hydrogen (secondary N) is 2. The van der Waals surface area contributed by atoms with Gasteiger partial charge in [0.25, 0.3) is 0 Å². The highest BCUT2D eigenvalue weighted by Gasteiger charge is 2.17. The van der Waals surface area contributed by atoms with Gasteiger partial charge in [-0.15, -0.1) is 0 Å². The van der Waals surface area contributed by atoms with Crippen molar-refractivity contribution in [3.05, 3.63) is 49.1 Å². The van der Waals surface area contributed by atoms with E-state index in [2.05, 4.69) is 54.8 Å². The summed E-state index contributed by atoms with van der Waals surface area (Å²) in [6.07, 6.45) is 13.9. The molecule has 40 heavy (non-hydrogen) atoms. The maximum absolute atomic E-state index is 5.75. The molecule has 2 N–H and O–H groups in total. The molecule has 2 fully saturated rings. The van der Waals surface area contributed by atoms with Gasteiger partial charge in [-0.1, -0.05) is 25.3 Å². The van der Waals surface area contributed by atoms with Crippen molar-refractivity contribution in [3.63, 3.8) is 0 Å². The lowest BCUT2D eigenvalue weighted by molar-refractivity contribution is 0.149. The maximum atomic E-state index is 5.75. The van der Waals surface area contributed by atoms with Crippen LogP contribution in [0, 0.1) is 0 Å². The molecule has 3 aromatic heterocycles. The first-order valence-electron chi connectivity index (χ1n) is 14.4. The number of hydrogen-bond acceptors (Lipinski definition) is 9. The Morgan fingerprint density at radius 2 is 1.80 bits per heavy atom. The van der Waals surface area contributed by atoms with Gasteiger partial charge in [-0.2, -0.15) is 5.10 Å². The Morgan fingerprint density at radius 3 is 2.62 bits per heavy atom. The average molecular weight is 542 g/mol. The van der Waals surface area contributed by atoms with Crippen molar-refractivity contribution in [2.24, 2.45) is 0 Å². The number of pyridine rings is 1. The largest absolute Gasteiger partial charge is 0.495 e. The Bertz CT molecular complexity index is 1420. The predicted octanol–water partition coefficient (Wildman–Crippen LogP) is 4.63. The summed E-state index contributed by atoms with van der Waals surface area (Å²) < 4.78 is 7.78. The Morgan fingerprint density at radius 1 is 0.950 bits per heavy atom. The molecular formula is C30H39N9O. The van der Waals surface area contributed by atoms with Crippen LogP contribution in [0.3, 0.4) is 0 Å². The van der Waals surface area contributed by atoms with E-state index in [1.54, 1.807) is 7.11 Å². The van der Waals surface area contributed by atoms with Crippen LogP contribution in [-0.4, -0.2) is 87.5 Å². The Labute approximate surface area is 235 Å². The second-order valence-electron chi connectivity index (χ2n) is 10.9. The van der Waals surface area contributed by atoms with Crippen LogP contribution in [0.25, 0.3) is 22.0 Å². The molecule has 0 radical (unpaired) electrons. The zero-order chi connectivity index (χ0) is 27.3. The van der Waals surface area contributed by atoms with E-state index >= 15 is 0 Å². The number of aromatic nitrogens is 5. The number of likely N-dealkylation sites (N-methyl/N-ethyl adjacent to an activating group) is 1. The van der Waals surface area contributed by atoms with E-state index < -0.39 is 0 Å². The highest BCUT2D eigenvalue weighted by atomic mass is 16.5. The van der Waals surface area contributed by atoms with E-state index in [1.807, 2.05) is 41.5 Å². The highest BCUT2D eigenvalue weighted by Crippen LogP contribution is 2.33. The zero-order valence-corrected chi connectivity index (χ0v) is 23.5. The minimum atomic E-state index is 0.446. The number of ether oxygens (including phenoxy) is 1. The van der Waals surface area contributed by atoms with Gasteiger partial charge in [0.2, 0.25) is 5.95 Å². The third-order valence-corrected chi connectivity index (χ3v) is 8.10. The number of piperazine rings is 1. The first-order chi connectivity index (χ1) is 19.6. The van der Waals surface area contributed by atoms with Gasteiger partial charge in [0, 0.05) is 68.3 Å². The van der Waals surface area contributed by atoms with Crippen LogP contribution in [0.4, 0.5) is 17.5 Å². The van der Waals surface area contributed by atoms with E-state index in [-0.39, 0.29) is 0 Å². The molecule has 2 aliphatic rings. The molecule has 1 aromatic carbocycles. The molecule has 10 nitrogen and oxygen atoms in total. The Kier molecular flexibility index (Phi) is 8.06. The number of methoxy groups -OCH3 is 1. The molecule has 0 bridgehead atoms. The smallest absolute Gasteiger partial charge is 0.227 e. The second kappa shape index (κ2) is 12.2. The number of nitrogens with zero attached hydrogens (tertiary/aromatic N) is 7. The molecule has 0 amide bonds. The SMILES string of the molecule is COc1cc(-c2cnn(CCN3CCN(C)CC3)c2)ccc1Nc1ncc2ccnc(NC3CCCCC3)c2n1. The molecule has 1 aliphatic carbocycles. The van der Waals surface area contributed by atoms with E-state index in [4.69, 9.17) is 9.72 Å². The first kappa shape index (κ1) is 26.5. The number of benzene rings is 1. The van der Waals surface area contributed by atoms with Crippen molar-refractivity contribution in [2.75, 3.05) is 57.5 Å². The van der Waals surface area contributed by atoms with Crippen LogP contribution < -0.4 is 15.4 Å². The Balaban J connectivity index is 1.15. The standard InChI is InChI=1S/C30H39N9O/c1-37-12-14-38(15-13-37)16-17-39-21-24(20-33-39)22-8-9-26(27(18-22)40-2)35-30-32-19-23-10-11-31-29(28(23)36-30)34-25-6-4-3-5-7-25/h8-11,18-21,25H,3-7,12-17H2,1-2H3,(H,31,34)(H,32,35,36). The first-order valence-corrected chi connectivity index (χ1v) is 14.4. The molecular weight excluding hydrogens is 502 g/mol. The van der Waals surface area contributed by atoms with Crippen molar-refractivity contribution >= 4 is 28.4 Å². The van der Waals surface area contributed by atoms with Crippen molar-refractivity contribution < 1.29 is 4.74 Å². The molecule has 1 saturated carbocycles. The monoisotopic (exact) mass is 541 g/mol. The quantitative estimate of drug-likeness (QED) is 0.314. The van der Waals surface area contributed by atoms with Crippen LogP contribution in [0.1, 0.15) is 32.1 Å².